The van der Waals surface area contributed by atoms with Crippen molar-refractivity contribution in [2.75, 3.05) is 0 Å². The van der Waals surface area contributed by atoms with Gasteiger partial charge in [0.25, 0.3) is 0 Å². The highest BCUT2D eigenvalue weighted by molar-refractivity contribution is 5.64. The van der Waals surface area contributed by atoms with Crippen LogP contribution >= 0.6 is 0 Å². The molecule has 1 aliphatic carbocycles. The predicted octanol–water partition coefficient (Wildman–Crippen LogP) is 7.26. The van der Waals surface area contributed by atoms with Crippen molar-refractivity contribution < 1.29 is 0 Å². The van der Waals surface area contributed by atoms with Crippen LogP contribution in [0, 0.1) is 23.7 Å². The maximum Gasteiger partial charge on any atom is 0.0245 e. The van der Waals surface area contributed by atoms with E-state index < -0.39 is 0 Å². The van der Waals surface area contributed by atoms with Crippen molar-refractivity contribution in [1.82, 2.24) is 0 Å². The van der Waals surface area contributed by atoms with E-state index in [1.165, 1.54) is 61.6 Å². The molecule has 0 radical (unpaired) electrons. The van der Waals surface area contributed by atoms with Crippen molar-refractivity contribution in [2.45, 2.75) is 65.2 Å². The fourth-order valence-corrected chi connectivity index (χ4v) is 4.09. The molecule has 0 unspecified atom stereocenters. The molecule has 0 heteroatoms. The van der Waals surface area contributed by atoms with E-state index in [1.54, 1.807) is 0 Å². The molecule has 1 aliphatic rings. The fraction of sp³-hybridized carbons (Fsp3) is 0.462. The Bertz CT molecular complexity index is 716. The zero-order valence-electron chi connectivity index (χ0n) is 16.4. The monoisotopic (exact) mass is 344 g/mol. The lowest BCUT2D eigenvalue weighted by Gasteiger charge is -2.25. The summed E-state index contributed by atoms with van der Waals surface area (Å²) in [7, 11) is 0. The minimum absolute atomic E-state index is 0.605. The first-order chi connectivity index (χ1) is 12.8. The SMILES string of the molecule is CCCc1ccc(-c2ccc(C#C[C@H]3CC[C@H](CCC)CC3)cc2)cc1. The summed E-state index contributed by atoms with van der Waals surface area (Å²) in [6.07, 6.45) is 10.4. The Balaban J connectivity index is 1.58. The Labute approximate surface area is 160 Å². The third-order valence-corrected chi connectivity index (χ3v) is 5.68. The molecular formula is C26H32. The molecule has 136 valence electrons. The Morgan fingerprint density at radius 3 is 1.96 bits per heavy atom. The Morgan fingerprint density at radius 2 is 1.38 bits per heavy atom. The smallest absolute Gasteiger partial charge is 0.0245 e. The number of rotatable bonds is 5. The van der Waals surface area contributed by atoms with E-state index >= 15 is 0 Å². The summed E-state index contributed by atoms with van der Waals surface area (Å²) in [4.78, 5) is 0. The first kappa shape index (κ1) is 18.8. The predicted molar refractivity (Wildman–Crippen MR) is 113 cm³/mol. The third kappa shape index (κ3) is 5.25. The average Bonchev–Trinajstić information content (AvgIpc) is 2.69. The highest BCUT2D eigenvalue weighted by Gasteiger charge is 2.18. The van der Waals surface area contributed by atoms with Gasteiger partial charge in [-0.15, -0.1) is 0 Å². The molecule has 1 fully saturated rings. The molecular weight excluding hydrogens is 312 g/mol. The van der Waals surface area contributed by atoms with Gasteiger partial charge in [0, 0.05) is 11.5 Å². The third-order valence-electron chi connectivity index (χ3n) is 5.68. The quantitative estimate of drug-likeness (QED) is 0.500. The summed E-state index contributed by atoms with van der Waals surface area (Å²) in [5, 5.41) is 0. The lowest BCUT2D eigenvalue weighted by molar-refractivity contribution is 0.300. The maximum atomic E-state index is 3.53. The van der Waals surface area contributed by atoms with Crippen LogP contribution in [0.3, 0.4) is 0 Å². The molecule has 2 aromatic carbocycles. The van der Waals surface area contributed by atoms with Crippen molar-refractivity contribution in [3.05, 3.63) is 59.7 Å². The van der Waals surface area contributed by atoms with Crippen LogP contribution in [-0.4, -0.2) is 0 Å². The van der Waals surface area contributed by atoms with E-state index in [2.05, 4.69) is 74.2 Å². The molecule has 0 N–H and O–H groups in total. The molecule has 0 saturated heterocycles. The Morgan fingerprint density at radius 1 is 0.769 bits per heavy atom. The molecule has 2 aromatic rings. The lowest BCUT2D eigenvalue weighted by Crippen LogP contribution is -2.13. The second-order valence-corrected chi connectivity index (χ2v) is 7.80. The number of benzene rings is 2. The first-order valence-electron chi connectivity index (χ1n) is 10.5. The molecule has 0 heterocycles. The molecule has 0 spiro atoms. The van der Waals surface area contributed by atoms with Gasteiger partial charge in [-0.3, -0.25) is 0 Å². The van der Waals surface area contributed by atoms with Crippen LogP contribution in [0.15, 0.2) is 48.5 Å². The molecule has 0 atom stereocenters. The zero-order chi connectivity index (χ0) is 18.2. The van der Waals surface area contributed by atoms with Crippen LogP contribution in [0.4, 0.5) is 0 Å². The largest absolute Gasteiger partial charge is 0.0945 e. The minimum atomic E-state index is 0.605. The van der Waals surface area contributed by atoms with E-state index in [1.807, 2.05) is 0 Å². The average molecular weight is 345 g/mol. The lowest BCUT2D eigenvalue weighted by atomic mass is 9.80. The number of hydrogen-bond donors (Lipinski definition) is 0. The second-order valence-electron chi connectivity index (χ2n) is 7.80. The minimum Gasteiger partial charge on any atom is -0.0945 e. The van der Waals surface area contributed by atoms with Crippen molar-refractivity contribution in [2.24, 2.45) is 11.8 Å². The second kappa shape index (κ2) is 9.63. The van der Waals surface area contributed by atoms with Crippen LogP contribution < -0.4 is 0 Å². The van der Waals surface area contributed by atoms with Crippen molar-refractivity contribution in [3.63, 3.8) is 0 Å². The molecule has 26 heavy (non-hydrogen) atoms. The van der Waals surface area contributed by atoms with Crippen LogP contribution in [-0.2, 0) is 6.42 Å². The molecule has 3 rings (SSSR count). The van der Waals surface area contributed by atoms with Gasteiger partial charge >= 0.3 is 0 Å². The summed E-state index contributed by atoms with van der Waals surface area (Å²) in [6, 6.07) is 17.7. The van der Waals surface area contributed by atoms with Gasteiger partial charge in [0.05, 0.1) is 0 Å². The normalized spacial score (nSPS) is 19.6. The van der Waals surface area contributed by atoms with Gasteiger partial charge in [-0.25, -0.2) is 0 Å². The molecule has 0 aromatic heterocycles. The fourth-order valence-electron chi connectivity index (χ4n) is 4.09. The van der Waals surface area contributed by atoms with Crippen LogP contribution in [0.2, 0.25) is 0 Å². The van der Waals surface area contributed by atoms with Gasteiger partial charge < -0.3 is 0 Å². The van der Waals surface area contributed by atoms with Crippen molar-refractivity contribution >= 4 is 0 Å². The van der Waals surface area contributed by atoms with Gasteiger partial charge in [-0.2, -0.15) is 0 Å². The molecule has 0 amide bonds. The topological polar surface area (TPSA) is 0 Å². The molecule has 1 saturated carbocycles. The van der Waals surface area contributed by atoms with Gasteiger partial charge in [0.15, 0.2) is 0 Å². The summed E-state index contributed by atoms with van der Waals surface area (Å²) >= 11 is 0. The number of aryl methyl sites for hydroxylation is 1. The van der Waals surface area contributed by atoms with E-state index in [4.69, 9.17) is 0 Å². The van der Waals surface area contributed by atoms with E-state index in [0.717, 1.165) is 17.9 Å². The summed E-state index contributed by atoms with van der Waals surface area (Å²) in [5.74, 6) is 8.51. The number of hydrogen-bond acceptors (Lipinski definition) is 0. The van der Waals surface area contributed by atoms with Crippen molar-refractivity contribution in [3.8, 4) is 23.0 Å². The Hall–Kier alpha value is -2.00. The summed E-state index contributed by atoms with van der Waals surface area (Å²) in [6.45, 7) is 4.53. The van der Waals surface area contributed by atoms with Gasteiger partial charge in [-0.1, -0.05) is 81.3 Å². The maximum absolute atomic E-state index is 3.53. The van der Waals surface area contributed by atoms with Gasteiger partial charge in [0.1, 0.15) is 0 Å². The highest BCUT2D eigenvalue weighted by atomic mass is 14.2. The highest BCUT2D eigenvalue weighted by Crippen LogP contribution is 2.31. The molecule has 0 bridgehead atoms. The molecule has 0 nitrogen and oxygen atoms in total. The van der Waals surface area contributed by atoms with Crippen LogP contribution in [0.25, 0.3) is 11.1 Å². The van der Waals surface area contributed by atoms with E-state index in [9.17, 15) is 0 Å². The molecule has 0 aliphatic heterocycles. The summed E-state index contributed by atoms with van der Waals surface area (Å²) < 4.78 is 0. The van der Waals surface area contributed by atoms with Gasteiger partial charge in [0.2, 0.25) is 0 Å². The standard InChI is InChI=1S/C26H32/c1-3-5-21-7-9-23(10-8-21)11-12-24-15-19-26(20-16-24)25-17-13-22(6-4-2)14-18-25/h13-21,23H,3-10H2,1-2H3/t21-,23-. The Kier molecular flexibility index (Phi) is 6.96. The van der Waals surface area contributed by atoms with Gasteiger partial charge in [-0.05, 0) is 66.8 Å². The first-order valence-corrected chi connectivity index (χ1v) is 10.5. The van der Waals surface area contributed by atoms with E-state index in [-0.39, 0.29) is 0 Å². The van der Waals surface area contributed by atoms with Crippen molar-refractivity contribution in [1.29, 1.82) is 0 Å². The van der Waals surface area contributed by atoms with Crippen LogP contribution in [0.1, 0.15) is 69.9 Å². The summed E-state index contributed by atoms with van der Waals surface area (Å²) in [5.41, 5.74) is 5.14. The van der Waals surface area contributed by atoms with Crippen LogP contribution in [0.5, 0.6) is 0 Å². The zero-order valence-corrected chi connectivity index (χ0v) is 16.4. The van der Waals surface area contributed by atoms with E-state index in [0.29, 0.717) is 5.92 Å².